The Labute approximate surface area is 183 Å². The van der Waals surface area contributed by atoms with Gasteiger partial charge in [-0.05, 0) is 31.9 Å². The van der Waals surface area contributed by atoms with E-state index in [9.17, 15) is 4.79 Å². The Morgan fingerprint density at radius 2 is 1.83 bits per heavy atom. The first-order chi connectivity index (χ1) is 14.6. The number of thiophene rings is 1. The molecule has 0 radical (unpaired) electrons. The van der Waals surface area contributed by atoms with E-state index in [-0.39, 0.29) is 12.5 Å². The van der Waals surface area contributed by atoms with Crippen LogP contribution >= 0.6 is 22.9 Å². The maximum atomic E-state index is 12.8. The van der Waals surface area contributed by atoms with Crippen molar-refractivity contribution in [1.29, 1.82) is 0 Å². The van der Waals surface area contributed by atoms with Crippen LogP contribution in [0.5, 0.6) is 0 Å². The topological polar surface area (TPSA) is 63.9 Å². The summed E-state index contributed by atoms with van der Waals surface area (Å²) in [7, 11) is 0. The van der Waals surface area contributed by atoms with E-state index in [1.54, 1.807) is 16.0 Å². The van der Waals surface area contributed by atoms with Gasteiger partial charge in [0.2, 0.25) is 5.91 Å². The molecule has 4 heterocycles. The number of carbonyl (C=O) groups excluding carboxylic acids is 1. The number of hydrogen-bond donors (Lipinski definition) is 0. The Bertz CT molecular complexity index is 1230. The van der Waals surface area contributed by atoms with Crippen LogP contribution < -0.4 is 0 Å². The number of carbonyl (C=O) groups is 1. The first-order valence-corrected chi connectivity index (χ1v) is 11.1. The predicted octanol–water partition coefficient (Wildman–Crippen LogP) is 4.81. The van der Waals surface area contributed by atoms with Gasteiger partial charge in [-0.15, -0.1) is 21.5 Å². The first kappa shape index (κ1) is 19.2. The summed E-state index contributed by atoms with van der Waals surface area (Å²) in [4.78, 5) is 16.8. The molecule has 1 aliphatic heterocycles. The third-order valence-corrected chi connectivity index (χ3v) is 6.74. The highest BCUT2D eigenvalue weighted by atomic mass is 35.5. The summed E-state index contributed by atoms with van der Waals surface area (Å²) in [6.45, 7) is 3.80. The lowest BCUT2D eigenvalue weighted by Gasteiger charge is -2.15. The number of aromatic nitrogens is 4. The number of hydrogen-bond acceptors (Lipinski definition) is 5. The van der Waals surface area contributed by atoms with Crippen LogP contribution in [0.4, 0.5) is 0 Å². The van der Waals surface area contributed by atoms with Crippen LogP contribution in [0.2, 0.25) is 5.02 Å². The molecule has 0 bridgehead atoms. The van der Waals surface area contributed by atoms with Crippen LogP contribution in [0.1, 0.15) is 17.7 Å². The van der Waals surface area contributed by atoms with Gasteiger partial charge in [-0.1, -0.05) is 41.9 Å². The highest BCUT2D eigenvalue weighted by molar-refractivity contribution is 7.15. The normalized spacial score (nSPS) is 14.0. The van der Waals surface area contributed by atoms with Crippen molar-refractivity contribution >= 4 is 39.9 Å². The lowest BCUT2D eigenvalue weighted by atomic mass is 10.1. The second-order valence-electron chi connectivity index (χ2n) is 7.43. The van der Waals surface area contributed by atoms with Crippen molar-refractivity contribution in [2.75, 3.05) is 13.1 Å². The summed E-state index contributed by atoms with van der Waals surface area (Å²) in [6, 6.07) is 13.8. The van der Waals surface area contributed by atoms with Gasteiger partial charge in [0.25, 0.3) is 0 Å². The molecule has 1 fully saturated rings. The first-order valence-electron chi connectivity index (χ1n) is 9.94. The Morgan fingerprint density at radius 3 is 2.53 bits per heavy atom. The van der Waals surface area contributed by atoms with Crippen molar-refractivity contribution < 1.29 is 4.79 Å². The lowest BCUT2D eigenvalue weighted by Crippen LogP contribution is -2.31. The molecule has 0 unspecified atom stereocenters. The van der Waals surface area contributed by atoms with E-state index in [4.69, 9.17) is 16.7 Å². The molecule has 1 amide bonds. The number of amides is 1. The third kappa shape index (κ3) is 3.38. The highest BCUT2D eigenvalue weighted by Gasteiger charge is 2.25. The molecule has 30 heavy (non-hydrogen) atoms. The van der Waals surface area contributed by atoms with E-state index in [0.717, 1.165) is 47.5 Å². The maximum Gasteiger partial charge on any atom is 0.244 e. The fourth-order valence-electron chi connectivity index (χ4n) is 3.84. The monoisotopic (exact) mass is 437 g/mol. The summed E-state index contributed by atoms with van der Waals surface area (Å²) >= 11 is 8.51. The standard InChI is InChI=1S/C22H20ClN5OS/c1-14-9-10-16(30-14)21-18-19(23)20(15-7-3-2-4-8-15)24-25-22(18)28(26-21)13-17(29)27-11-5-6-12-27/h2-4,7-10H,5-6,11-13H2,1H3. The number of benzene rings is 1. The molecule has 0 aliphatic carbocycles. The molecule has 0 spiro atoms. The van der Waals surface area contributed by atoms with Crippen molar-refractivity contribution in [3.05, 3.63) is 52.4 Å². The molecule has 152 valence electrons. The van der Waals surface area contributed by atoms with Crippen LogP contribution in [-0.4, -0.2) is 43.9 Å². The van der Waals surface area contributed by atoms with Crippen molar-refractivity contribution in [1.82, 2.24) is 24.9 Å². The highest BCUT2D eigenvalue weighted by Crippen LogP contribution is 2.39. The van der Waals surface area contributed by atoms with Crippen LogP contribution in [-0.2, 0) is 11.3 Å². The predicted molar refractivity (Wildman–Crippen MR) is 120 cm³/mol. The molecule has 1 aromatic carbocycles. The summed E-state index contributed by atoms with van der Waals surface area (Å²) in [5, 5.41) is 14.9. The number of rotatable bonds is 4. The van der Waals surface area contributed by atoms with Crippen molar-refractivity contribution in [2.24, 2.45) is 0 Å². The molecule has 5 rings (SSSR count). The Morgan fingerprint density at radius 1 is 1.07 bits per heavy atom. The zero-order valence-corrected chi connectivity index (χ0v) is 18.1. The zero-order chi connectivity index (χ0) is 20.7. The van der Waals surface area contributed by atoms with Gasteiger partial charge in [0, 0.05) is 23.5 Å². The second kappa shape index (κ2) is 7.81. The number of nitrogens with zero attached hydrogens (tertiary/aromatic N) is 5. The van der Waals surface area contributed by atoms with E-state index in [0.29, 0.717) is 16.4 Å². The van der Waals surface area contributed by atoms with Crippen LogP contribution in [0, 0.1) is 6.92 Å². The summed E-state index contributed by atoms with van der Waals surface area (Å²) in [5.41, 5.74) is 2.79. The molecule has 4 aromatic rings. The number of likely N-dealkylation sites (tertiary alicyclic amines) is 1. The van der Waals surface area contributed by atoms with E-state index in [1.807, 2.05) is 41.3 Å². The maximum absolute atomic E-state index is 12.8. The largest absolute Gasteiger partial charge is 0.341 e. The minimum Gasteiger partial charge on any atom is -0.341 e. The fourth-order valence-corrected chi connectivity index (χ4v) is 5.02. The minimum absolute atomic E-state index is 0.0517. The molecular weight excluding hydrogens is 418 g/mol. The smallest absolute Gasteiger partial charge is 0.244 e. The molecule has 0 atom stereocenters. The van der Waals surface area contributed by atoms with Crippen molar-refractivity contribution in [2.45, 2.75) is 26.3 Å². The van der Waals surface area contributed by atoms with Crippen LogP contribution in [0.3, 0.4) is 0 Å². The number of aryl methyl sites for hydroxylation is 1. The second-order valence-corrected chi connectivity index (χ2v) is 9.10. The molecule has 1 aliphatic rings. The molecule has 0 N–H and O–H groups in total. The van der Waals surface area contributed by atoms with Gasteiger partial charge in [0.15, 0.2) is 5.65 Å². The van der Waals surface area contributed by atoms with Gasteiger partial charge in [0.1, 0.15) is 17.9 Å². The van der Waals surface area contributed by atoms with Gasteiger partial charge in [-0.3, -0.25) is 4.79 Å². The van der Waals surface area contributed by atoms with Gasteiger partial charge in [-0.25, -0.2) is 4.68 Å². The zero-order valence-electron chi connectivity index (χ0n) is 16.5. The van der Waals surface area contributed by atoms with Crippen LogP contribution in [0.25, 0.3) is 32.9 Å². The fraction of sp³-hybridized carbons (Fsp3) is 0.273. The Balaban J connectivity index is 1.66. The van der Waals surface area contributed by atoms with Gasteiger partial charge in [-0.2, -0.15) is 5.10 Å². The summed E-state index contributed by atoms with van der Waals surface area (Å²) in [5.74, 6) is 0.0517. The number of fused-ring (bicyclic) bond motifs is 1. The van der Waals surface area contributed by atoms with Gasteiger partial charge < -0.3 is 4.90 Å². The molecule has 6 nitrogen and oxygen atoms in total. The Kier molecular flexibility index (Phi) is 5.00. The van der Waals surface area contributed by atoms with E-state index < -0.39 is 0 Å². The minimum atomic E-state index is 0.0517. The van der Waals surface area contributed by atoms with Gasteiger partial charge in [0.05, 0.1) is 15.3 Å². The van der Waals surface area contributed by atoms with Gasteiger partial charge >= 0.3 is 0 Å². The Hall–Kier alpha value is -2.77. The summed E-state index contributed by atoms with van der Waals surface area (Å²) in [6.07, 6.45) is 2.11. The average molecular weight is 438 g/mol. The average Bonchev–Trinajstić information content (AvgIpc) is 3.49. The lowest BCUT2D eigenvalue weighted by molar-refractivity contribution is -0.130. The number of halogens is 1. The van der Waals surface area contributed by atoms with Crippen molar-refractivity contribution in [3.63, 3.8) is 0 Å². The SMILES string of the molecule is Cc1ccc(-c2nn(CC(=O)N3CCCC3)c3nnc(-c4ccccc4)c(Cl)c23)s1. The third-order valence-electron chi connectivity index (χ3n) is 5.36. The quantitative estimate of drug-likeness (QED) is 0.459. The van der Waals surface area contributed by atoms with E-state index >= 15 is 0 Å². The molecular formula is C22H20ClN5OS. The summed E-state index contributed by atoms with van der Waals surface area (Å²) < 4.78 is 1.65. The van der Waals surface area contributed by atoms with E-state index in [2.05, 4.69) is 23.2 Å². The van der Waals surface area contributed by atoms with Crippen molar-refractivity contribution in [3.8, 4) is 21.8 Å². The molecule has 0 saturated carbocycles. The van der Waals surface area contributed by atoms with E-state index in [1.165, 1.54) is 4.88 Å². The van der Waals surface area contributed by atoms with Crippen LogP contribution in [0.15, 0.2) is 42.5 Å². The molecule has 8 heteroatoms. The molecule has 3 aromatic heterocycles. The molecule has 1 saturated heterocycles.